The highest BCUT2D eigenvalue weighted by Crippen LogP contribution is 2.42. The van der Waals surface area contributed by atoms with Crippen molar-refractivity contribution in [1.82, 2.24) is 9.97 Å². The second kappa shape index (κ2) is 6.48. The number of rotatable bonds is 4. The first kappa shape index (κ1) is 17.2. The van der Waals surface area contributed by atoms with Crippen LogP contribution in [0.3, 0.4) is 0 Å². The van der Waals surface area contributed by atoms with E-state index in [0.29, 0.717) is 27.8 Å². The Hall–Kier alpha value is -2.26. The zero-order chi connectivity index (χ0) is 18.4. The van der Waals surface area contributed by atoms with Crippen LogP contribution in [0.2, 0.25) is 0 Å². The van der Waals surface area contributed by atoms with Crippen molar-refractivity contribution in [2.24, 2.45) is 0 Å². The molecule has 0 aliphatic heterocycles. The van der Waals surface area contributed by atoms with Crippen LogP contribution in [0.5, 0.6) is 0 Å². The number of benzene rings is 1. The fraction of sp³-hybridized carbons (Fsp3) is 0.235. The molecule has 1 N–H and O–H groups in total. The van der Waals surface area contributed by atoms with E-state index in [1.807, 2.05) is 0 Å². The third-order valence-corrected chi connectivity index (χ3v) is 5.75. The molecule has 0 atom stereocenters. The van der Waals surface area contributed by atoms with Gasteiger partial charge in [-0.3, -0.25) is 10.1 Å². The highest BCUT2D eigenvalue weighted by Gasteiger charge is 2.31. The summed E-state index contributed by atoms with van der Waals surface area (Å²) in [6.45, 7) is 1.63. The Morgan fingerprint density at radius 3 is 2.58 bits per heavy atom. The van der Waals surface area contributed by atoms with Crippen molar-refractivity contribution < 1.29 is 18.0 Å². The van der Waals surface area contributed by atoms with Gasteiger partial charge in [0.2, 0.25) is 0 Å². The molecule has 0 saturated heterocycles. The van der Waals surface area contributed by atoms with Crippen LogP contribution in [-0.4, -0.2) is 15.9 Å². The number of halogens is 3. The summed E-state index contributed by atoms with van der Waals surface area (Å²) in [5.74, 6) is -3.07. The van der Waals surface area contributed by atoms with Crippen molar-refractivity contribution in [2.45, 2.75) is 25.7 Å². The molecule has 4 nitrogen and oxygen atoms in total. The Balaban J connectivity index is 1.63. The quantitative estimate of drug-likeness (QED) is 0.667. The summed E-state index contributed by atoms with van der Waals surface area (Å²) >= 11 is 2.35. The van der Waals surface area contributed by atoms with Gasteiger partial charge in [-0.2, -0.15) is 0 Å². The smallest absolute Gasteiger partial charge is 0.269 e. The van der Waals surface area contributed by atoms with Gasteiger partial charge in [0.1, 0.15) is 22.3 Å². The summed E-state index contributed by atoms with van der Waals surface area (Å²) in [7, 11) is 0. The monoisotopic (exact) mass is 395 g/mol. The molecule has 0 bridgehead atoms. The van der Waals surface area contributed by atoms with Crippen LogP contribution in [0.4, 0.5) is 18.3 Å². The van der Waals surface area contributed by atoms with Gasteiger partial charge < -0.3 is 0 Å². The molecule has 1 aliphatic carbocycles. The lowest BCUT2D eigenvalue weighted by Crippen LogP contribution is -2.12. The van der Waals surface area contributed by atoms with E-state index in [9.17, 15) is 18.0 Å². The summed E-state index contributed by atoms with van der Waals surface area (Å²) in [6.07, 6.45) is 2.04. The summed E-state index contributed by atoms with van der Waals surface area (Å²) in [6, 6.07) is 1.21. The average Bonchev–Trinajstić information content (AvgIpc) is 3.17. The van der Waals surface area contributed by atoms with Crippen LogP contribution in [-0.2, 0) is 0 Å². The second-order valence-electron chi connectivity index (χ2n) is 5.96. The minimum Gasteiger partial charge on any atom is -0.297 e. The van der Waals surface area contributed by atoms with E-state index in [1.165, 1.54) is 11.3 Å². The highest BCUT2D eigenvalue weighted by atomic mass is 32.1. The molecule has 2 heterocycles. The van der Waals surface area contributed by atoms with Gasteiger partial charge in [-0.15, -0.1) is 22.7 Å². The molecule has 4 rings (SSSR count). The van der Waals surface area contributed by atoms with Crippen LogP contribution in [0.1, 0.15) is 39.0 Å². The zero-order valence-corrected chi connectivity index (χ0v) is 15.1. The van der Waals surface area contributed by atoms with Crippen molar-refractivity contribution in [2.75, 3.05) is 5.32 Å². The Morgan fingerprint density at radius 2 is 1.92 bits per heavy atom. The van der Waals surface area contributed by atoms with Crippen LogP contribution in [0.25, 0.3) is 11.3 Å². The van der Waals surface area contributed by atoms with Crippen molar-refractivity contribution in [1.29, 1.82) is 0 Å². The van der Waals surface area contributed by atoms with E-state index in [0.717, 1.165) is 29.9 Å². The predicted octanol–water partition coefficient (Wildman–Crippen LogP) is 5.12. The van der Waals surface area contributed by atoms with E-state index < -0.39 is 23.0 Å². The minimum atomic E-state index is -1.03. The first-order chi connectivity index (χ1) is 12.4. The lowest BCUT2D eigenvalue weighted by molar-refractivity contribution is 0.102. The molecule has 0 radical (unpaired) electrons. The molecule has 1 aliphatic rings. The fourth-order valence-corrected chi connectivity index (χ4v) is 4.26. The van der Waals surface area contributed by atoms with Crippen molar-refractivity contribution in [3.63, 3.8) is 0 Å². The molecular formula is C17H12F3N3OS2. The molecule has 0 unspecified atom stereocenters. The van der Waals surface area contributed by atoms with Gasteiger partial charge in [0.15, 0.2) is 5.13 Å². The van der Waals surface area contributed by atoms with Crippen LogP contribution in [0, 0.1) is 24.4 Å². The van der Waals surface area contributed by atoms with Gasteiger partial charge in [-0.05, 0) is 19.8 Å². The number of hydrogen-bond donors (Lipinski definition) is 1. The number of nitrogens with one attached hydrogen (secondary N) is 1. The summed E-state index contributed by atoms with van der Waals surface area (Å²) in [4.78, 5) is 21.9. The van der Waals surface area contributed by atoms with E-state index in [2.05, 4.69) is 15.3 Å². The van der Waals surface area contributed by atoms with Crippen LogP contribution < -0.4 is 5.32 Å². The van der Waals surface area contributed by atoms with Gasteiger partial charge in [0, 0.05) is 22.9 Å². The van der Waals surface area contributed by atoms with E-state index in [-0.39, 0.29) is 16.7 Å². The summed E-state index contributed by atoms with van der Waals surface area (Å²) < 4.78 is 41.1. The van der Waals surface area contributed by atoms with Crippen LogP contribution >= 0.6 is 22.7 Å². The molecule has 1 fully saturated rings. The number of carbonyl (C=O) groups is 1. The molecule has 3 aromatic rings. The first-order valence-corrected chi connectivity index (χ1v) is 9.50. The molecule has 1 aromatic carbocycles. The number of carbonyl (C=O) groups excluding carboxylic acids is 1. The highest BCUT2D eigenvalue weighted by molar-refractivity contribution is 7.16. The van der Waals surface area contributed by atoms with E-state index in [4.69, 9.17) is 0 Å². The predicted molar refractivity (Wildman–Crippen MR) is 94.2 cm³/mol. The lowest BCUT2D eigenvalue weighted by Gasteiger charge is -2.03. The third kappa shape index (κ3) is 3.12. The number of aryl methyl sites for hydroxylation is 1. The third-order valence-electron chi connectivity index (χ3n) is 4.03. The number of thiazole rings is 2. The van der Waals surface area contributed by atoms with Crippen molar-refractivity contribution >= 4 is 33.7 Å². The SMILES string of the molecule is Cc1sc(NC(=O)c2scnc2C2CC2)nc1-c1c(F)cc(F)cc1F. The standard InChI is InChI=1S/C17H12F3N3OS2/c1-7-13(12-10(19)4-9(18)5-11(12)20)22-17(26-7)23-16(24)15-14(8-2-3-8)21-6-25-15/h4-6,8H,2-3H2,1H3,(H,22,23,24). The van der Waals surface area contributed by atoms with Crippen molar-refractivity contribution in [3.8, 4) is 11.3 Å². The summed E-state index contributed by atoms with van der Waals surface area (Å²) in [5, 5.41) is 2.89. The molecule has 1 saturated carbocycles. The molecule has 0 spiro atoms. The van der Waals surface area contributed by atoms with Crippen molar-refractivity contribution in [3.05, 3.63) is 50.5 Å². The maximum absolute atomic E-state index is 14.0. The number of anilines is 1. The topological polar surface area (TPSA) is 54.9 Å². The Bertz CT molecular complexity index is 988. The fourth-order valence-electron chi connectivity index (χ4n) is 2.68. The van der Waals surface area contributed by atoms with Gasteiger partial charge >= 0.3 is 0 Å². The molecule has 134 valence electrons. The van der Waals surface area contributed by atoms with Gasteiger partial charge in [-0.1, -0.05) is 0 Å². The Morgan fingerprint density at radius 1 is 1.23 bits per heavy atom. The first-order valence-electron chi connectivity index (χ1n) is 7.81. The van der Waals surface area contributed by atoms with Crippen LogP contribution in [0.15, 0.2) is 17.6 Å². The maximum atomic E-state index is 14.0. The number of nitrogens with zero attached hydrogens (tertiary/aromatic N) is 2. The molecule has 26 heavy (non-hydrogen) atoms. The molecule has 2 aromatic heterocycles. The lowest BCUT2D eigenvalue weighted by atomic mass is 10.1. The largest absolute Gasteiger partial charge is 0.297 e. The summed E-state index contributed by atoms with van der Waals surface area (Å²) in [5.41, 5.74) is 2.06. The second-order valence-corrected chi connectivity index (χ2v) is 8.02. The van der Waals surface area contributed by atoms with E-state index >= 15 is 0 Å². The zero-order valence-electron chi connectivity index (χ0n) is 13.5. The molecular weight excluding hydrogens is 383 g/mol. The molecule has 1 amide bonds. The minimum absolute atomic E-state index is 0.0482. The average molecular weight is 395 g/mol. The Kier molecular flexibility index (Phi) is 4.28. The molecule has 9 heteroatoms. The maximum Gasteiger partial charge on any atom is 0.269 e. The normalized spacial score (nSPS) is 13.8. The van der Waals surface area contributed by atoms with Gasteiger partial charge in [-0.25, -0.2) is 23.1 Å². The number of amides is 1. The Labute approximate surface area is 154 Å². The van der Waals surface area contributed by atoms with Gasteiger partial charge in [0.05, 0.1) is 22.5 Å². The number of aromatic nitrogens is 2. The van der Waals surface area contributed by atoms with Gasteiger partial charge in [0.25, 0.3) is 5.91 Å². The van der Waals surface area contributed by atoms with E-state index in [1.54, 1.807) is 12.4 Å². The number of hydrogen-bond acceptors (Lipinski definition) is 5.